The highest BCUT2D eigenvalue weighted by molar-refractivity contribution is 9.09. The molecular weight excluding hydrogens is 254 g/mol. The van der Waals surface area contributed by atoms with Gasteiger partial charge in [-0.3, -0.25) is 0 Å². The number of nitrogens with zero attached hydrogens (tertiary/aromatic N) is 3. The summed E-state index contributed by atoms with van der Waals surface area (Å²) >= 11 is 3.48. The summed E-state index contributed by atoms with van der Waals surface area (Å²) in [4.78, 5) is 10.7. The Kier molecular flexibility index (Phi) is 3.94. The zero-order chi connectivity index (χ0) is 10.5. The van der Waals surface area contributed by atoms with Gasteiger partial charge in [-0.15, -0.1) is 0 Å². The molecule has 1 fully saturated rings. The first-order valence-electron chi connectivity index (χ1n) is 5.50. The summed E-state index contributed by atoms with van der Waals surface area (Å²) in [7, 11) is 0. The predicted octanol–water partition coefficient (Wildman–Crippen LogP) is 2.62. The van der Waals surface area contributed by atoms with Crippen LogP contribution in [0.5, 0.6) is 0 Å². The first kappa shape index (κ1) is 10.9. The van der Waals surface area contributed by atoms with E-state index in [2.05, 4.69) is 30.8 Å². The summed E-state index contributed by atoms with van der Waals surface area (Å²) in [6.07, 6.45) is 8.61. The van der Waals surface area contributed by atoms with Gasteiger partial charge in [-0.05, 0) is 31.7 Å². The predicted molar refractivity (Wildman–Crippen MR) is 65.4 cm³/mol. The quantitative estimate of drug-likeness (QED) is 0.770. The van der Waals surface area contributed by atoms with Crippen LogP contribution >= 0.6 is 15.9 Å². The van der Waals surface area contributed by atoms with Crippen LogP contribution in [0.25, 0.3) is 0 Å². The number of aromatic nitrogens is 2. The Bertz CT molecular complexity index is 287. The molecule has 0 aromatic carbocycles. The van der Waals surface area contributed by atoms with Gasteiger partial charge in [-0.1, -0.05) is 15.9 Å². The van der Waals surface area contributed by atoms with E-state index >= 15 is 0 Å². The SMILES string of the molecule is BrCCCN(c1ccncn1)C1CCC1. The van der Waals surface area contributed by atoms with Crippen LogP contribution in [0.1, 0.15) is 25.7 Å². The molecule has 15 heavy (non-hydrogen) atoms. The molecule has 0 amide bonds. The van der Waals surface area contributed by atoms with Crippen molar-refractivity contribution < 1.29 is 0 Å². The van der Waals surface area contributed by atoms with Gasteiger partial charge in [0.2, 0.25) is 0 Å². The van der Waals surface area contributed by atoms with Gasteiger partial charge in [-0.2, -0.15) is 0 Å². The van der Waals surface area contributed by atoms with E-state index in [9.17, 15) is 0 Å². The molecule has 1 aliphatic carbocycles. The molecule has 0 unspecified atom stereocenters. The van der Waals surface area contributed by atoms with Crippen molar-refractivity contribution in [2.45, 2.75) is 31.7 Å². The second-order valence-electron chi connectivity index (χ2n) is 3.89. The molecule has 4 heteroatoms. The van der Waals surface area contributed by atoms with E-state index in [0.717, 1.165) is 17.7 Å². The minimum atomic E-state index is 0.707. The summed E-state index contributed by atoms with van der Waals surface area (Å²) in [6, 6.07) is 2.71. The standard InChI is InChI=1S/C11H16BrN3/c12-6-2-8-15(10-3-1-4-10)11-5-7-13-9-14-11/h5,7,9-10H,1-4,6,8H2. The smallest absolute Gasteiger partial charge is 0.132 e. The second-order valence-corrected chi connectivity index (χ2v) is 4.68. The van der Waals surface area contributed by atoms with E-state index in [1.807, 2.05) is 12.3 Å². The molecule has 3 nitrogen and oxygen atoms in total. The molecule has 1 aromatic heterocycles. The van der Waals surface area contributed by atoms with Crippen molar-refractivity contribution in [1.82, 2.24) is 9.97 Å². The van der Waals surface area contributed by atoms with Crippen LogP contribution in [0.15, 0.2) is 18.6 Å². The molecule has 0 aliphatic heterocycles. The van der Waals surface area contributed by atoms with Gasteiger partial charge in [0.15, 0.2) is 0 Å². The van der Waals surface area contributed by atoms with Gasteiger partial charge in [0, 0.05) is 24.1 Å². The van der Waals surface area contributed by atoms with Crippen LogP contribution in [-0.4, -0.2) is 27.9 Å². The Morgan fingerprint density at radius 1 is 1.47 bits per heavy atom. The molecule has 82 valence electrons. The highest BCUT2D eigenvalue weighted by Gasteiger charge is 2.25. The van der Waals surface area contributed by atoms with Crippen molar-refractivity contribution in [3.05, 3.63) is 18.6 Å². The molecule has 2 rings (SSSR count). The first-order valence-corrected chi connectivity index (χ1v) is 6.62. The lowest BCUT2D eigenvalue weighted by molar-refractivity contribution is 0.384. The average molecular weight is 270 g/mol. The number of halogens is 1. The monoisotopic (exact) mass is 269 g/mol. The van der Waals surface area contributed by atoms with Gasteiger partial charge in [0.1, 0.15) is 12.1 Å². The molecule has 1 saturated carbocycles. The van der Waals surface area contributed by atoms with E-state index in [0.29, 0.717) is 6.04 Å². The Morgan fingerprint density at radius 2 is 2.33 bits per heavy atom. The number of rotatable bonds is 5. The Hall–Kier alpha value is -0.640. The van der Waals surface area contributed by atoms with Crippen molar-refractivity contribution in [2.75, 3.05) is 16.8 Å². The first-order chi connectivity index (χ1) is 7.42. The molecular formula is C11H16BrN3. The highest BCUT2D eigenvalue weighted by Crippen LogP contribution is 2.28. The van der Waals surface area contributed by atoms with Crippen LogP contribution in [-0.2, 0) is 0 Å². The van der Waals surface area contributed by atoms with Gasteiger partial charge in [0.05, 0.1) is 0 Å². The lowest BCUT2D eigenvalue weighted by Gasteiger charge is -2.38. The average Bonchev–Trinajstić information content (AvgIpc) is 2.22. The van der Waals surface area contributed by atoms with Crippen LogP contribution < -0.4 is 4.90 Å². The van der Waals surface area contributed by atoms with Crippen LogP contribution in [0.2, 0.25) is 0 Å². The van der Waals surface area contributed by atoms with Gasteiger partial charge in [-0.25, -0.2) is 9.97 Å². The summed E-state index contributed by atoms with van der Waals surface area (Å²) in [5, 5.41) is 1.06. The zero-order valence-corrected chi connectivity index (χ0v) is 10.4. The van der Waals surface area contributed by atoms with Crippen molar-refractivity contribution in [2.24, 2.45) is 0 Å². The zero-order valence-electron chi connectivity index (χ0n) is 8.77. The fourth-order valence-electron chi connectivity index (χ4n) is 1.87. The molecule has 0 atom stereocenters. The molecule has 0 N–H and O–H groups in total. The highest BCUT2D eigenvalue weighted by atomic mass is 79.9. The van der Waals surface area contributed by atoms with Gasteiger partial charge in [0.25, 0.3) is 0 Å². The minimum absolute atomic E-state index is 0.707. The maximum atomic E-state index is 4.33. The number of hydrogen-bond acceptors (Lipinski definition) is 3. The lowest BCUT2D eigenvalue weighted by atomic mass is 9.91. The van der Waals surface area contributed by atoms with Crippen LogP contribution in [0, 0.1) is 0 Å². The summed E-state index contributed by atoms with van der Waals surface area (Å²) < 4.78 is 0. The third kappa shape index (κ3) is 2.68. The van der Waals surface area contributed by atoms with Crippen molar-refractivity contribution in [3.8, 4) is 0 Å². The summed E-state index contributed by atoms with van der Waals surface area (Å²) in [6.45, 7) is 1.09. The molecule has 0 bridgehead atoms. The van der Waals surface area contributed by atoms with Crippen molar-refractivity contribution >= 4 is 21.7 Å². The summed E-state index contributed by atoms with van der Waals surface area (Å²) in [5.41, 5.74) is 0. The molecule has 1 heterocycles. The Balaban J connectivity index is 2.04. The minimum Gasteiger partial charge on any atom is -0.354 e. The largest absolute Gasteiger partial charge is 0.354 e. The fraction of sp³-hybridized carbons (Fsp3) is 0.636. The maximum Gasteiger partial charge on any atom is 0.132 e. The molecule has 0 saturated heterocycles. The topological polar surface area (TPSA) is 29.0 Å². The molecule has 0 radical (unpaired) electrons. The van der Waals surface area contributed by atoms with E-state index in [4.69, 9.17) is 0 Å². The molecule has 1 aromatic rings. The normalized spacial score (nSPS) is 16.1. The number of hydrogen-bond donors (Lipinski definition) is 0. The van der Waals surface area contributed by atoms with Crippen molar-refractivity contribution in [3.63, 3.8) is 0 Å². The number of alkyl halides is 1. The lowest BCUT2D eigenvalue weighted by Crippen LogP contribution is -2.41. The van der Waals surface area contributed by atoms with E-state index < -0.39 is 0 Å². The third-order valence-corrected chi connectivity index (χ3v) is 3.47. The van der Waals surface area contributed by atoms with Gasteiger partial charge < -0.3 is 4.90 Å². The van der Waals surface area contributed by atoms with Crippen LogP contribution in [0.4, 0.5) is 5.82 Å². The van der Waals surface area contributed by atoms with E-state index in [-0.39, 0.29) is 0 Å². The Morgan fingerprint density at radius 3 is 2.87 bits per heavy atom. The fourth-order valence-corrected chi connectivity index (χ4v) is 2.12. The molecule has 0 spiro atoms. The van der Waals surface area contributed by atoms with Gasteiger partial charge >= 0.3 is 0 Å². The maximum absolute atomic E-state index is 4.33. The van der Waals surface area contributed by atoms with Crippen molar-refractivity contribution in [1.29, 1.82) is 0 Å². The molecule has 1 aliphatic rings. The van der Waals surface area contributed by atoms with E-state index in [1.165, 1.54) is 25.7 Å². The summed E-state index contributed by atoms with van der Waals surface area (Å²) in [5.74, 6) is 1.08. The Labute approximate surface area is 99.0 Å². The third-order valence-electron chi connectivity index (χ3n) is 2.91. The van der Waals surface area contributed by atoms with E-state index in [1.54, 1.807) is 6.33 Å². The number of anilines is 1. The second kappa shape index (κ2) is 5.45. The van der Waals surface area contributed by atoms with Crippen LogP contribution in [0.3, 0.4) is 0 Å².